The van der Waals surface area contributed by atoms with Crippen LogP contribution >= 0.6 is 11.6 Å². The van der Waals surface area contributed by atoms with Crippen molar-refractivity contribution in [3.63, 3.8) is 0 Å². The van der Waals surface area contributed by atoms with Crippen molar-refractivity contribution in [2.75, 3.05) is 5.73 Å². The molecule has 18 heavy (non-hydrogen) atoms. The monoisotopic (exact) mass is 259 g/mol. The van der Waals surface area contributed by atoms with E-state index in [4.69, 9.17) is 17.3 Å². The van der Waals surface area contributed by atoms with Gasteiger partial charge in [-0.15, -0.1) is 0 Å². The van der Waals surface area contributed by atoms with Gasteiger partial charge in [0.2, 0.25) is 0 Å². The summed E-state index contributed by atoms with van der Waals surface area (Å²) >= 11 is 5.94. The Morgan fingerprint density at radius 3 is 2.89 bits per heavy atom. The number of benzene rings is 2. The van der Waals surface area contributed by atoms with Crippen LogP contribution < -0.4 is 5.73 Å². The molecule has 0 saturated carbocycles. The molecule has 0 atom stereocenters. The third kappa shape index (κ3) is 1.58. The van der Waals surface area contributed by atoms with Crippen LogP contribution in [0.2, 0.25) is 5.02 Å². The number of nitrogen functional groups attached to an aromatic ring is 1. The van der Waals surface area contributed by atoms with Crippen LogP contribution in [0.1, 0.15) is 0 Å². The second-order valence-corrected chi connectivity index (χ2v) is 4.44. The number of rotatable bonds is 1. The predicted octanol–water partition coefficient (Wildman–Crippen LogP) is 3.17. The zero-order valence-electron chi connectivity index (χ0n) is 9.31. The maximum absolute atomic E-state index is 9.90. The maximum atomic E-state index is 9.90. The molecule has 3 aromatic rings. The number of aromatic nitrogens is 2. The van der Waals surface area contributed by atoms with Crippen LogP contribution in [0, 0.1) is 0 Å². The van der Waals surface area contributed by atoms with E-state index >= 15 is 0 Å². The summed E-state index contributed by atoms with van der Waals surface area (Å²) in [6, 6.07) is 10.3. The van der Waals surface area contributed by atoms with Crippen molar-refractivity contribution in [2.24, 2.45) is 0 Å². The second kappa shape index (κ2) is 3.92. The lowest BCUT2D eigenvalue weighted by Crippen LogP contribution is -1.87. The number of nitrogens with two attached hydrogens (primary N) is 1. The highest BCUT2D eigenvalue weighted by molar-refractivity contribution is 6.31. The van der Waals surface area contributed by atoms with E-state index in [9.17, 15) is 5.11 Å². The predicted molar refractivity (Wildman–Crippen MR) is 72.6 cm³/mol. The van der Waals surface area contributed by atoms with E-state index in [2.05, 4.69) is 10.2 Å². The molecule has 5 heteroatoms. The van der Waals surface area contributed by atoms with Gasteiger partial charge in [0.15, 0.2) is 0 Å². The maximum Gasteiger partial charge on any atom is 0.125 e. The van der Waals surface area contributed by atoms with Gasteiger partial charge in [-0.3, -0.25) is 5.10 Å². The molecule has 90 valence electrons. The third-order valence-electron chi connectivity index (χ3n) is 2.84. The Kier molecular flexibility index (Phi) is 2.38. The third-order valence-corrected chi connectivity index (χ3v) is 3.07. The molecule has 2 aromatic carbocycles. The molecule has 1 aromatic heterocycles. The van der Waals surface area contributed by atoms with Gasteiger partial charge in [0.25, 0.3) is 0 Å². The lowest BCUT2D eigenvalue weighted by Gasteiger charge is -2.04. The van der Waals surface area contributed by atoms with E-state index in [1.807, 2.05) is 12.1 Å². The van der Waals surface area contributed by atoms with Crippen molar-refractivity contribution in [1.29, 1.82) is 0 Å². The number of fused-ring (bicyclic) bond motifs is 1. The normalized spacial score (nSPS) is 10.9. The number of phenolic OH excluding ortho intramolecular Hbond substituents is 1. The first-order valence-electron chi connectivity index (χ1n) is 5.38. The molecule has 0 saturated heterocycles. The average molecular weight is 260 g/mol. The van der Waals surface area contributed by atoms with Gasteiger partial charge < -0.3 is 10.8 Å². The molecule has 3 rings (SSSR count). The molecule has 0 bridgehead atoms. The largest absolute Gasteiger partial charge is 0.507 e. The van der Waals surface area contributed by atoms with Crippen LogP contribution in [-0.2, 0) is 0 Å². The highest BCUT2D eigenvalue weighted by Crippen LogP contribution is 2.36. The van der Waals surface area contributed by atoms with Crippen LogP contribution in [-0.4, -0.2) is 15.3 Å². The minimum absolute atomic E-state index is 0.121. The number of aromatic hydroxyl groups is 1. The Bertz CT molecular complexity index is 736. The summed E-state index contributed by atoms with van der Waals surface area (Å²) in [6.07, 6.45) is 0. The summed E-state index contributed by atoms with van der Waals surface area (Å²) in [5.74, 6) is 0.121. The first kappa shape index (κ1) is 10.9. The van der Waals surface area contributed by atoms with Crippen LogP contribution in [0.4, 0.5) is 5.69 Å². The second-order valence-electron chi connectivity index (χ2n) is 4.00. The molecule has 0 fully saturated rings. The highest BCUT2D eigenvalue weighted by atomic mass is 35.5. The van der Waals surface area contributed by atoms with Crippen molar-refractivity contribution < 1.29 is 5.11 Å². The lowest BCUT2D eigenvalue weighted by molar-refractivity contribution is 0.477. The standard InChI is InChI=1S/C13H10ClN3O/c14-7-4-5-11(18)8(6-7)13-12-9(15)2-1-3-10(12)16-17-13/h1-6,18H,15H2,(H,16,17). The summed E-state index contributed by atoms with van der Waals surface area (Å²) in [7, 11) is 0. The van der Waals surface area contributed by atoms with Crippen LogP contribution in [0.3, 0.4) is 0 Å². The summed E-state index contributed by atoms with van der Waals surface area (Å²) in [6.45, 7) is 0. The summed E-state index contributed by atoms with van der Waals surface area (Å²) in [5.41, 5.74) is 8.54. The number of aromatic amines is 1. The van der Waals surface area contributed by atoms with Crippen molar-refractivity contribution in [3.8, 4) is 17.0 Å². The number of phenols is 1. The summed E-state index contributed by atoms with van der Waals surface area (Å²) in [4.78, 5) is 0. The molecule has 0 aliphatic carbocycles. The molecular formula is C13H10ClN3O. The van der Waals surface area contributed by atoms with Gasteiger partial charge in [0.1, 0.15) is 11.4 Å². The molecule has 0 radical (unpaired) electrons. The smallest absolute Gasteiger partial charge is 0.125 e. The average Bonchev–Trinajstić information content (AvgIpc) is 2.77. The quantitative estimate of drug-likeness (QED) is 0.588. The zero-order valence-corrected chi connectivity index (χ0v) is 10.1. The molecule has 1 heterocycles. The van der Waals surface area contributed by atoms with E-state index < -0.39 is 0 Å². The van der Waals surface area contributed by atoms with Gasteiger partial charge in [-0.25, -0.2) is 0 Å². The molecule has 4 N–H and O–H groups in total. The molecular weight excluding hydrogens is 250 g/mol. The van der Waals surface area contributed by atoms with Crippen LogP contribution in [0.25, 0.3) is 22.2 Å². The first-order chi connectivity index (χ1) is 8.66. The van der Waals surface area contributed by atoms with Gasteiger partial charge in [0.05, 0.1) is 10.9 Å². The summed E-state index contributed by atoms with van der Waals surface area (Å²) in [5, 5.41) is 18.3. The number of H-pyrrole nitrogens is 1. The van der Waals surface area contributed by atoms with Crippen molar-refractivity contribution in [2.45, 2.75) is 0 Å². The molecule has 0 aliphatic heterocycles. The number of halogens is 1. The number of hydrogen-bond acceptors (Lipinski definition) is 3. The number of hydrogen-bond donors (Lipinski definition) is 3. The Morgan fingerprint density at radius 1 is 1.22 bits per heavy atom. The van der Waals surface area contributed by atoms with Gasteiger partial charge >= 0.3 is 0 Å². The highest BCUT2D eigenvalue weighted by Gasteiger charge is 2.14. The van der Waals surface area contributed by atoms with Crippen molar-refractivity contribution >= 4 is 28.2 Å². The number of anilines is 1. The van der Waals surface area contributed by atoms with Gasteiger partial charge in [-0.1, -0.05) is 17.7 Å². The van der Waals surface area contributed by atoms with Crippen LogP contribution in [0.5, 0.6) is 5.75 Å². The summed E-state index contributed by atoms with van der Waals surface area (Å²) < 4.78 is 0. The zero-order chi connectivity index (χ0) is 12.7. The SMILES string of the molecule is Nc1cccc2[nH]nc(-c3cc(Cl)ccc3O)c12. The Hall–Kier alpha value is -2.20. The number of nitrogens with zero attached hydrogens (tertiary/aromatic N) is 1. The molecule has 0 aliphatic rings. The molecule has 0 unspecified atom stereocenters. The number of nitrogens with one attached hydrogen (secondary N) is 1. The first-order valence-corrected chi connectivity index (χ1v) is 5.76. The lowest BCUT2D eigenvalue weighted by atomic mass is 10.1. The van der Waals surface area contributed by atoms with E-state index in [-0.39, 0.29) is 5.75 Å². The fraction of sp³-hybridized carbons (Fsp3) is 0. The van der Waals surface area contributed by atoms with E-state index in [0.717, 1.165) is 10.9 Å². The Morgan fingerprint density at radius 2 is 2.06 bits per heavy atom. The Balaban J connectivity index is 2.35. The van der Waals surface area contributed by atoms with Crippen molar-refractivity contribution in [3.05, 3.63) is 41.4 Å². The van der Waals surface area contributed by atoms with E-state index in [0.29, 0.717) is 22.0 Å². The van der Waals surface area contributed by atoms with Crippen molar-refractivity contribution in [1.82, 2.24) is 10.2 Å². The van der Waals surface area contributed by atoms with Gasteiger partial charge in [0, 0.05) is 16.3 Å². The fourth-order valence-corrected chi connectivity index (χ4v) is 2.16. The molecule has 0 amide bonds. The van der Waals surface area contributed by atoms with E-state index in [1.165, 1.54) is 6.07 Å². The Labute approximate surface area is 108 Å². The molecule has 0 spiro atoms. The van der Waals surface area contributed by atoms with Crippen LogP contribution in [0.15, 0.2) is 36.4 Å². The van der Waals surface area contributed by atoms with E-state index in [1.54, 1.807) is 18.2 Å². The molecule has 4 nitrogen and oxygen atoms in total. The van der Waals surface area contributed by atoms with Gasteiger partial charge in [-0.05, 0) is 30.3 Å². The minimum atomic E-state index is 0.121. The fourth-order valence-electron chi connectivity index (χ4n) is 1.99. The van der Waals surface area contributed by atoms with Gasteiger partial charge in [-0.2, -0.15) is 5.10 Å². The minimum Gasteiger partial charge on any atom is -0.507 e. The topological polar surface area (TPSA) is 74.9 Å².